The van der Waals surface area contributed by atoms with Gasteiger partial charge in [0.15, 0.2) is 0 Å². The summed E-state index contributed by atoms with van der Waals surface area (Å²) in [6.07, 6.45) is 60.7. The minimum atomic E-state index is -0.164. The first-order valence-corrected chi connectivity index (χ1v) is 25.8. The molecule has 6 nitrogen and oxygen atoms in total. The highest BCUT2D eigenvalue weighted by Gasteiger charge is 1.98. The molecule has 0 unspecified atom stereocenters. The average molecular weight is 820 g/mol. The molecule has 0 aliphatic rings. The lowest BCUT2D eigenvalue weighted by Crippen LogP contribution is -2.09. The Morgan fingerprint density at radius 1 is 0.259 bits per heavy atom. The van der Waals surface area contributed by atoms with E-state index < -0.39 is 0 Å². The van der Waals surface area contributed by atoms with Gasteiger partial charge in [-0.05, 0) is 44.9 Å². The van der Waals surface area contributed by atoms with E-state index in [9.17, 15) is 14.4 Å². The number of hydrogen-bond donors (Lipinski definition) is 3. The maximum Gasteiger partial charge on any atom is 0.217 e. The summed E-state index contributed by atoms with van der Waals surface area (Å²) in [5, 5.41) is 0. The molecule has 0 aromatic carbocycles. The van der Waals surface area contributed by atoms with Crippen molar-refractivity contribution in [3.05, 3.63) is 12.2 Å². The molecule has 6 N–H and O–H groups in total. The average Bonchev–Trinajstić information content (AvgIpc) is 3.20. The number of amides is 3. The van der Waals surface area contributed by atoms with Crippen molar-refractivity contribution in [1.82, 2.24) is 0 Å². The van der Waals surface area contributed by atoms with Crippen LogP contribution in [-0.4, -0.2) is 17.7 Å². The van der Waals surface area contributed by atoms with Crippen LogP contribution in [0.15, 0.2) is 12.2 Å². The Hall–Kier alpha value is -1.85. The highest BCUT2D eigenvalue weighted by Crippen LogP contribution is 2.15. The van der Waals surface area contributed by atoms with E-state index in [4.69, 9.17) is 17.2 Å². The number of carbonyl (C=O) groups is 3. The van der Waals surface area contributed by atoms with Gasteiger partial charge in [0.1, 0.15) is 0 Å². The Bertz CT molecular complexity index is 831. The fourth-order valence-electron chi connectivity index (χ4n) is 7.36. The van der Waals surface area contributed by atoms with Crippen molar-refractivity contribution in [2.75, 3.05) is 0 Å². The molecule has 0 saturated carbocycles. The Morgan fingerprint density at radius 3 is 0.586 bits per heavy atom. The second-order valence-corrected chi connectivity index (χ2v) is 17.4. The van der Waals surface area contributed by atoms with Gasteiger partial charge in [0.05, 0.1) is 0 Å². The summed E-state index contributed by atoms with van der Waals surface area (Å²) in [6, 6.07) is 0. The van der Waals surface area contributed by atoms with E-state index in [1.165, 1.54) is 238 Å². The van der Waals surface area contributed by atoms with Gasteiger partial charge in [-0.25, -0.2) is 0 Å². The second-order valence-electron chi connectivity index (χ2n) is 17.4. The molecule has 0 radical (unpaired) electrons. The molecular weight excluding hydrogens is 715 g/mol. The van der Waals surface area contributed by atoms with Crippen LogP contribution in [0.5, 0.6) is 0 Å². The summed E-state index contributed by atoms with van der Waals surface area (Å²) in [5.74, 6) is -0.472. The van der Waals surface area contributed by atoms with Gasteiger partial charge in [0.25, 0.3) is 0 Å². The number of hydrogen-bond acceptors (Lipinski definition) is 3. The SMILES string of the molecule is CCCCCCCCC=CCCCCCCCC(N)=O.CCCCCCCCCCCCCCCC(N)=O.CCCCCCCCCCCCCCCCCC(N)=O. The number of unbranched alkanes of at least 4 members (excludes halogenated alkanes) is 37. The van der Waals surface area contributed by atoms with Crippen LogP contribution in [0.2, 0.25) is 0 Å². The molecule has 0 heterocycles. The molecule has 0 aliphatic heterocycles. The topological polar surface area (TPSA) is 129 Å². The van der Waals surface area contributed by atoms with Crippen LogP contribution in [0.1, 0.15) is 303 Å². The third-order valence-electron chi connectivity index (χ3n) is 11.2. The molecule has 346 valence electrons. The zero-order valence-electron chi connectivity index (χ0n) is 39.7. The third kappa shape index (κ3) is 68.8. The molecule has 0 bridgehead atoms. The normalized spacial score (nSPS) is 10.9. The van der Waals surface area contributed by atoms with Crippen LogP contribution >= 0.6 is 0 Å². The molecule has 6 heteroatoms. The minimum Gasteiger partial charge on any atom is -0.370 e. The molecule has 0 spiro atoms. The van der Waals surface area contributed by atoms with E-state index in [2.05, 4.69) is 32.9 Å². The lowest BCUT2D eigenvalue weighted by atomic mass is 10.0. The molecule has 0 atom stereocenters. The molecule has 3 amide bonds. The second kappa shape index (κ2) is 57.2. The largest absolute Gasteiger partial charge is 0.370 e. The van der Waals surface area contributed by atoms with Crippen LogP contribution in [0.3, 0.4) is 0 Å². The first-order valence-electron chi connectivity index (χ1n) is 25.8. The Kier molecular flexibility index (Phi) is 59.7. The Morgan fingerprint density at radius 2 is 0.414 bits per heavy atom. The van der Waals surface area contributed by atoms with Gasteiger partial charge in [-0.3, -0.25) is 14.4 Å². The van der Waals surface area contributed by atoms with Crippen molar-refractivity contribution in [2.24, 2.45) is 17.2 Å². The van der Waals surface area contributed by atoms with Crippen molar-refractivity contribution in [2.45, 2.75) is 303 Å². The molecule has 58 heavy (non-hydrogen) atoms. The van der Waals surface area contributed by atoms with Crippen LogP contribution < -0.4 is 17.2 Å². The van der Waals surface area contributed by atoms with E-state index in [0.717, 1.165) is 25.7 Å². The number of nitrogens with two attached hydrogens (primary N) is 3. The van der Waals surface area contributed by atoms with Gasteiger partial charge in [-0.1, -0.05) is 251 Å². The monoisotopic (exact) mass is 820 g/mol. The lowest BCUT2D eigenvalue weighted by Gasteiger charge is -2.03. The summed E-state index contributed by atoms with van der Waals surface area (Å²) in [7, 11) is 0. The number of primary amides is 3. The van der Waals surface area contributed by atoms with Crippen molar-refractivity contribution in [1.29, 1.82) is 0 Å². The summed E-state index contributed by atoms with van der Waals surface area (Å²) >= 11 is 0. The third-order valence-corrected chi connectivity index (χ3v) is 11.2. The fraction of sp³-hybridized carbons (Fsp3) is 0.904. The predicted octanol–water partition coefficient (Wildman–Crippen LogP) is 16.2. The maximum absolute atomic E-state index is 10.6. The fourth-order valence-corrected chi connectivity index (χ4v) is 7.36. The quantitative estimate of drug-likeness (QED) is 0.0418. The lowest BCUT2D eigenvalue weighted by molar-refractivity contribution is -0.119. The maximum atomic E-state index is 10.6. The van der Waals surface area contributed by atoms with Crippen molar-refractivity contribution in [3.63, 3.8) is 0 Å². The number of rotatable bonds is 45. The highest BCUT2D eigenvalue weighted by atomic mass is 16.1. The molecule has 0 rings (SSSR count). The Labute approximate surface area is 363 Å². The zero-order valence-corrected chi connectivity index (χ0v) is 39.7. The molecule has 0 aromatic heterocycles. The van der Waals surface area contributed by atoms with Gasteiger partial charge in [-0.15, -0.1) is 0 Å². The van der Waals surface area contributed by atoms with Crippen molar-refractivity contribution < 1.29 is 14.4 Å². The summed E-state index contributed by atoms with van der Waals surface area (Å²) in [5.41, 5.74) is 15.3. The first kappa shape index (κ1) is 60.5. The van der Waals surface area contributed by atoms with Crippen LogP contribution in [0.4, 0.5) is 0 Å². The van der Waals surface area contributed by atoms with E-state index >= 15 is 0 Å². The van der Waals surface area contributed by atoms with Gasteiger partial charge in [0, 0.05) is 19.3 Å². The Balaban J connectivity index is -0.000000784. The molecule has 0 fully saturated rings. The standard InChI is InChI=1S/C18H37NO.C18H35NO.C16H33NO/c2*1-2-3-4-5-6-7-8-9-10-11-12-13-14-15-16-17-18(19)20;1-2-3-4-5-6-7-8-9-10-11-12-13-14-15-16(17)18/h2-17H2,1H3,(H2,19,20);9-10H,2-8,11-17H2,1H3,(H2,19,20);2-15H2,1H3,(H2,17,18). The highest BCUT2D eigenvalue weighted by molar-refractivity contribution is 5.74. The van der Waals surface area contributed by atoms with E-state index in [-0.39, 0.29) is 17.7 Å². The van der Waals surface area contributed by atoms with Gasteiger partial charge in [0.2, 0.25) is 17.7 Å². The summed E-state index contributed by atoms with van der Waals surface area (Å²) in [6.45, 7) is 6.81. The van der Waals surface area contributed by atoms with Gasteiger partial charge >= 0.3 is 0 Å². The summed E-state index contributed by atoms with van der Waals surface area (Å²) in [4.78, 5) is 31.6. The number of carbonyl (C=O) groups excluding carboxylic acids is 3. The zero-order chi connectivity index (χ0) is 43.3. The van der Waals surface area contributed by atoms with E-state index in [1.807, 2.05) is 0 Å². The molecular formula is C52H105N3O3. The number of allylic oxidation sites excluding steroid dienone is 2. The van der Waals surface area contributed by atoms with Gasteiger partial charge in [-0.2, -0.15) is 0 Å². The van der Waals surface area contributed by atoms with E-state index in [1.54, 1.807) is 0 Å². The minimum absolute atomic E-state index is 0.153. The van der Waals surface area contributed by atoms with Crippen LogP contribution in [-0.2, 0) is 14.4 Å². The smallest absolute Gasteiger partial charge is 0.217 e. The molecule has 0 aliphatic carbocycles. The first-order chi connectivity index (χ1) is 28.3. The van der Waals surface area contributed by atoms with Crippen LogP contribution in [0, 0.1) is 0 Å². The van der Waals surface area contributed by atoms with Crippen molar-refractivity contribution >= 4 is 17.7 Å². The van der Waals surface area contributed by atoms with Crippen LogP contribution in [0.25, 0.3) is 0 Å². The van der Waals surface area contributed by atoms with Crippen molar-refractivity contribution in [3.8, 4) is 0 Å². The molecule has 0 aromatic rings. The predicted molar refractivity (Wildman–Crippen MR) is 257 cm³/mol. The summed E-state index contributed by atoms with van der Waals surface area (Å²) < 4.78 is 0. The van der Waals surface area contributed by atoms with Gasteiger partial charge < -0.3 is 17.2 Å². The molecule has 0 saturated heterocycles. The van der Waals surface area contributed by atoms with E-state index in [0.29, 0.717) is 19.3 Å².